The monoisotopic (exact) mass is 253 g/mol. The minimum atomic E-state index is -2.47. The number of halogens is 1. The van der Waals surface area contributed by atoms with Crippen LogP contribution in [0.15, 0.2) is 0 Å². The fourth-order valence-electron chi connectivity index (χ4n) is 0.911. The molecule has 1 rings (SSSR count). The van der Waals surface area contributed by atoms with Crippen LogP contribution in [-0.2, 0) is 18.3 Å². The molecular weight excluding hydrogens is 246 g/mol. The van der Waals surface area contributed by atoms with Gasteiger partial charge in [-0.05, 0) is 6.92 Å². The van der Waals surface area contributed by atoms with E-state index >= 15 is 0 Å². The Labute approximate surface area is 92.8 Å². The summed E-state index contributed by atoms with van der Waals surface area (Å²) >= 11 is 3.28. The van der Waals surface area contributed by atoms with Crippen LogP contribution in [0.1, 0.15) is 5.69 Å². The Hall–Kier alpha value is -1.12. The van der Waals surface area contributed by atoms with Crippen LogP contribution >= 0.6 is 11.6 Å². The molecule has 1 aromatic heterocycles. The SMILES string of the molecule is Cc1nn(C)c(Cl)c1OC(=O)NS(=O)O. The first-order valence-corrected chi connectivity index (χ1v) is 5.18. The molecule has 1 amide bonds. The number of nitrogens with zero attached hydrogens (tertiary/aromatic N) is 2. The number of amides is 1. The molecule has 0 fully saturated rings. The third kappa shape index (κ3) is 2.91. The molecule has 1 unspecified atom stereocenters. The van der Waals surface area contributed by atoms with E-state index in [9.17, 15) is 9.00 Å². The Morgan fingerprint density at radius 3 is 2.73 bits per heavy atom. The number of hydrogen-bond donors (Lipinski definition) is 2. The van der Waals surface area contributed by atoms with Gasteiger partial charge in [-0.2, -0.15) is 5.10 Å². The molecule has 0 aromatic carbocycles. The zero-order valence-corrected chi connectivity index (χ0v) is 9.43. The molecule has 9 heteroatoms. The zero-order valence-electron chi connectivity index (χ0n) is 7.85. The summed E-state index contributed by atoms with van der Waals surface area (Å²) in [6.07, 6.45) is -1.08. The molecule has 0 spiro atoms. The fourth-order valence-corrected chi connectivity index (χ4v) is 1.31. The molecular formula is C6H8ClN3O4S. The highest BCUT2D eigenvalue weighted by molar-refractivity contribution is 7.77. The van der Waals surface area contributed by atoms with Crippen LogP contribution in [0, 0.1) is 6.92 Å². The summed E-state index contributed by atoms with van der Waals surface area (Å²) in [6, 6.07) is 0. The largest absolute Gasteiger partial charge is 0.426 e. The molecule has 1 atom stereocenters. The lowest BCUT2D eigenvalue weighted by atomic mass is 10.4. The molecule has 0 bridgehead atoms. The van der Waals surface area contributed by atoms with Crippen molar-refractivity contribution in [2.75, 3.05) is 0 Å². The van der Waals surface area contributed by atoms with Gasteiger partial charge in [0.15, 0.2) is 10.9 Å². The smallest absolute Gasteiger partial charge is 0.404 e. The van der Waals surface area contributed by atoms with Crippen molar-refractivity contribution in [2.45, 2.75) is 6.92 Å². The van der Waals surface area contributed by atoms with Gasteiger partial charge >= 0.3 is 6.09 Å². The summed E-state index contributed by atoms with van der Waals surface area (Å²) in [7, 11) is 1.57. The number of nitrogens with one attached hydrogen (secondary N) is 1. The van der Waals surface area contributed by atoms with Crippen LogP contribution in [0.2, 0.25) is 5.15 Å². The molecule has 1 aromatic rings. The Bertz CT molecular complexity index is 419. The summed E-state index contributed by atoms with van der Waals surface area (Å²) in [5.74, 6) is 0.0575. The Morgan fingerprint density at radius 1 is 1.73 bits per heavy atom. The van der Waals surface area contributed by atoms with Gasteiger partial charge in [-0.25, -0.2) is 13.7 Å². The van der Waals surface area contributed by atoms with Crippen LogP contribution in [-0.4, -0.2) is 24.6 Å². The van der Waals surface area contributed by atoms with Crippen molar-refractivity contribution < 1.29 is 18.3 Å². The molecule has 0 aliphatic heterocycles. The van der Waals surface area contributed by atoms with E-state index in [4.69, 9.17) is 16.2 Å². The summed E-state index contributed by atoms with van der Waals surface area (Å²) in [5, 5.41) is 4.02. The van der Waals surface area contributed by atoms with Gasteiger partial charge in [0, 0.05) is 7.05 Å². The van der Waals surface area contributed by atoms with Crippen molar-refractivity contribution in [3.8, 4) is 5.75 Å². The second kappa shape index (κ2) is 4.60. The lowest BCUT2D eigenvalue weighted by Crippen LogP contribution is -2.28. The molecule has 84 valence electrons. The lowest BCUT2D eigenvalue weighted by molar-refractivity contribution is 0.206. The van der Waals surface area contributed by atoms with Gasteiger partial charge in [0.25, 0.3) is 11.3 Å². The number of carbonyl (C=O) groups excluding carboxylic acids is 1. The molecule has 0 saturated heterocycles. The predicted octanol–water partition coefficient (Wildman–Crippen LogP) is 0.607. The number of carbonyl (C=O) groups is 1. The third-order valence-corrected chi connectivity index (χ3v) is 2.22. The van der Waals surface area contributed by atoms with Crippen molar-refractivity contribution in [2.24, 2.45) is 7.05 Å². The number of hydrogen-bond acceptors (Lipinski definition) is 4. The summed E-state index contributed by atoms with van der Waals surface area (Å²) < 4.78 is 26.2. The fraction of sp³-hybridized carbons (Fsp3) is 0.333. The lowest BCUT2D eigenvalue weighted by Gasteiger charge is -2.02. The molecule has 1 heterocycles. The molecule has 0 aliphatic rings. The number of aromatic nitrogens is 2. The highest BCUT2D eigenvalue weighted by Gasteiger charge is 2.17. The van der Waals surface area contributed by atoms with Gasteiger partial charge in [0.2, 0.25) is 0 Å². The van der Waals surface area contributed by atoms with Gasteiger partial charge in [-0.15, -0.1) is 0 Å². The van der Waals surface area contributed by atoms with E-state index in [1.807, 2.05) is 0 Å². The van der Waals surface area contributed by atoms with E-state index in [0.29, 0.717) is 5.69 Å². The van der Waals surface area contributed by atoms with E-state index in [-0.39, 0.29) is 10.9 Å². The van der Waals surface area contributed by atoms with Gasteiger partial charge in [-0.3, -0.25) is 9.23 Å². The van der Waals surface area contributed by atoms with Crippen LogP contribution < -0.4 is 9.46 Å². The average molecular weight is 254 g/mol. The molecule has 7 nitrogen and oxygen atoms in total. The van der Waals surface area contributed by atoms with Gasteiger partial charge in [-0.1, -0.05) is 11.6 Å². The third-order valence-electron chi connectivity index (χ3n) is 1.47. The minimum Gasteiger partial charge on any atom is -0.404 e. The van der Waals surface area contributed by atoms with Crippen molar-refractivity contribution in [3.63, 3.8) is 0 Å². The average Bonchev–Trinajstić information content (AvgIpc) is 2.31. The predicted molar refractivity (Wildman–Crippen MR) is 52.9 cm³/mol. The summed E-state index contributed by atoms with van der Waals surface area (Å²) in [5.41, 5.74) is 0.404. The van der Waals surface area contributed by atoms with E-state index in [1.165, 1.54) is 4.68 Å². The van der Waals surface area contributed by atoms with E-state index in [2.05, 4.69) is 9.84 Å². The molecule has 0 aliphatic carbocycles. The second-order valence-corrected chi connectivity index (χ2v) is 3.63. The standard InChI is InChI=1S/C6H8ClN3O4S/c1-3-4(5(7)10(2)8-3)14-6(11)9-15(12)13/h1-2H3,(H,9,11)(H,12,13). The van der Waals surface area contributed by atoms with Gasteiger partial charge in [0.05, 0.1) is 0 Å². The number of ether oxygens (including phenoxy) is 1. The molecule has 2 N–H and O–H groups in total. The first-order chi connectivity index (χ1) is 6.91. The van der Waals surface area contributed by atoms with Crippen molar-refractivity contribution in [1.82, 2.24) is 14.5 Å². The van der Waals surface area contributed by atoms with Crippen molar-refractivity contribution in [1.29, 1.82) is 0 Å². The van der Waals surface area contributed by atoms with Crippen LogP contribution in [0.5, 0.6) is 5.75 Å². The van der Waals surface area contributed by atoms with Gasteiger partial charge in [0.1, 0.15) is 5.69 Å². The zero-order chi connectivity index (χ0) is 11.6. The Kier molecular flexibility index (Phi) is 3.66. The maximum absolute atomic E-state index is 11.0. The van der Waals surface area contributed by atoms with Crippen LogP contribution in [0.4, 0.5) is 4.79 Å². The maximum atomic E-state index is 11.0. The summed E-state index contributed by atoms with van der Waals surface area (Å²) in [4.78, 5) is 11.0. The molecule has 0 radical (unpaired) electrons. The summed E-state index contributed by atoms with van der Waals surface area (Å²) in [6.45, 7) is 1.59. The molecule has 15 heavy (non-hydrogen) atoms. The Balaban J connectivity index is 2.80. The maximum Gasteiger partial charge on any atom is 0.426 e. The van der Waals surface area contributed by atoms with Gasteiger partial charge < -0.3 is 4.74 Å². The normalized spacial score (nSPS) is 12.3. The van der Waals surface area contributed by atoms with Crippen molar-refractivity contribution in [3.05, 3.63) is 10.8 Å². The first-order valence-electron chi connectivity index (χ1n) is 3.70. The van der Waals surface area contributed by atoms with Crippen LogP contribution in [0.3, 0.4) is 0 Å². The highest BCUT2D eigenvalue weighted by atomic mass is 35.5. The highest BCUT2D eigenvalue weighted by Crippen LogP contribution is 2.27. The second-order valence-electron chi connectivity index (χ2n) is 2.57. The van der Waals surface area contributed by atoms with Crippen molar-refractivity contribution >= 4 is 29.0 Å². The minimum absolute atomic E-state index is 0.0575. The Morgan fingerprint density at radius 2 is 2.33 bits per heavy atom. The number of aryl methyl sites for hydroxylation is 2. The van der Waals surface area contributed by atoms with E-state index in [0.717, 1.165) is 0 Å². The van der Waals surface area contributed by atoms with E-state index in [1.54, 1.807) is 18.7 Å². The van der Waals surface area contributed by atoms with E-state index < -0.39 is 17.4 Å². The molecule has 0 saturated carbocycles. The first kappa shape index (κ1) is 12.0. The quantitative estimate of drug-likeness (QED) is 0.753. The van der Waals surface area contributed by atoms with Crippen LogP contribution in [0.25, 0.3) is 0 Å². The number of rotatable bonds is 2. The topological polar surface area (TPSA) is 93.5 Å².